The fraction of sp³-hybridized carbons (Fsp3) is 0.455. The highest BCUT2D eigenvalue weighted by Crippen LogP contribution is 2.19. The predicted molar refractivity (Wildman–Crippen MR) is 60.2 cm³/mol. The number of piperidine rings is 1. The van der Waals surface area contributed by atoms with E-state index in [0.29, 0.717) is 0 Å². The Morgan fingerprint density at radius 2 is 2.44 bits per heavy atom. The Morgan fingerprint density at radius 3 is 3.12 bits per heavy atom. The molecule has 0 radical (unpaired) electrons. The second-order valence-corrected chi connectivity index (χ2v) is 3.86. The van der Waals surface area contributed by atoms with Crippen LogP contribution in [0.5, 0.6) is 5.75 Å². The molecule has 0 aliphatic carbocycles. The quantitative estimate of drug-likeness (QED) is 0.692. The zero-order valence-corrected chi connectivity index (χ0v) is 8.94. The standard InChI is InChI=1S/C11H15N3O2/c15-9-5-3-7-13-10(9)14-11(16)8-4-1-2-6-12-8/h3,5,7-8,12,15H,1-2,4,6H2,(H,13,14,16)/t8-/m0/s1. The molecule has 1 aromatic heterocycles. The molecule has 2 heterocycles. The summed E-state index contributed by atoms with van der Waals surface area (Å²) in [5, 5.41) is 15.2. The number of hydrogen-bond donors (Lipinski definition) is 3. The maximum absolute atomic E-state index is 11.8. The van der Waals surface area contributed by atoms with E-state index in [1.807, 2.05) is 0 Å². The van der Waals surface area contributed by atoms with Gasteiger partial charge in [0, 0.05) is 6.20 Å². The zero-order chi connectivity index (χ0) is 11.4. The van der Waals surface area contributed by atoms with Gasteiger partial charge in [0.1, 0.15) is 0 Å². The molecule has 16 heavy (non-hydrogen) atoms. The third-order valence-corrected chi connectivity index (χ3v) is 2.65. The Morgan fingerprint density at radius 1 is 1.56 bits per heavy atom. The van der Waals surface area contributed by atoms with Gasteiger partial charge in [0.05, 0.1) is 6.04 Å². The number of nitrogens with zero attached hydrogens (tertiary/aromatic N) is 1. The number of nitrogens with one attached hydrogen (secondary N) is 2. The molecule has 5 heteroatoms. The Hall–Kier alpha value is -1.62. The van der Waals surface area contributed by atoms with Crippen molar-refractivity contribution in [3.8, 4) is 5.75 Å². The van der Waals surface area contributed by atoms with Gasteiger partial charge >= 0.3 is 0 Å². The van der Waals surface area contributed by atoms with Crippen LogP contribution in [0.15, 0.2) is 18.3 Å². The van der Waals surface area contributed by atoms with E-state index in [-0.39, 0.29) is 23.5 Å². The van der Waals surface area contributed by atoms with Crippen LogP contribution in [0.2, 0.25) is 0 Å². The Labute approximate surface area is 93.9 Å². The maximum atomic E-state index is 11.8. The van der Waals surface area contributed by atoms with Gasteiger partial charge in [0.2, 0.25) is 5.91 Å². The van der Waals surface area contributed by atoms with Gasteiger partial charge in [0.15, 0.2) is 11.6 Å². The number of amides is 1. The first-order valence-electron chi connectivity index (χ1n) is 5.45. The number of rotatable bonds is 2. The number of carbonyl (C=O) groups is 1. The number of hydrogen-bond acceptors (Lipinski definition) is 4. The molecule has 0 bridgehead atoms. The third kappa shape index (κ3) is 2.49. The normalized spacial score (nSPS) is 20.4. The molecule has 86 valence electrons. The van der Waals surface area contributed by atoms with Gasteiger partial charge in [0.25, 0.3) is 0 Å². The molecule has 3 N–H and O–H groups in total. The summed E-state index contributed by atoms with van der Waals surface area (Å²) in [5.74, 6) is 0.0835. The second-order valence-electron chi connectivity index (χ2n) is 3.86. The topological polar surface area (TPSA) is 74.2 Å². The summed E-state index contributed by atoms with van der Waals surface area (Å²) in [4.78, 5) is 15.7. The van der Waals surface area contributed by atoms with Crippen molar-refractivity contribution in [3.05, 3.63) is 18.3 Å². The molecule has 1 atom stereocenters. The lowest BCUT2D eigenvalue weighted by atomic mass is 10.0. The van der Waals surface area contributed by atoms with Crippen molar-refractivity contribution in [2.24, 2.45) is 0 Å². The first-order valence-corrected chi connectivity index (χ1v) is 5.45. The van der Waals surface area contributed by atoms with Crippen molar-refractivity contribution < 1.29 is 9.90 Å². The Kier molecular flexibility index (Phi) is 3.36. The van der Waals surface area contributed by atoms with Crippen LogP contribution in [0, 0.1) is 0 Å². The summed E-state index contributed by atoms with van der Waals surface area (Å²) in [5.41, 5.74) is 0. The summed E-state index contributed by atoms with van der Waals surface area (Å²) in [6.07, 6.45) is 4.53. The van der Waals surface area contributed by atoms with Gasteiger partial charge in [-0.1, -0.05) is 6.42 Å². The molecule has 0 saturated carbocycles. The Balaban J connectivity index is 1.99. The molecular weight excluding hydrogens is 206 g/mol. The smallest absolute Gasteiger partial charge is 0.242 e. The lowest BCUT2D eigenvalue weighted by Gasteiger charge is -2.22. The number of aromatic hydroxyl groups is 1. The van der Waals surface area contributed by atoms with Crippen LogP contribution in [-0.2, 0) is 4.79 Å². The van der Waals surface area contributed by atoms with Crippen molar-refractivity contribution in [2.75, 3.05) is 11.9 Å². The molecule has 1 aliphatic rings. The van der Waals surface area contributed by atoms with E-state index in [1.54, 1.807) is 6.07 Å². The largest absolute Gasteiger partial charge is 0.504 e. The van der Waals surface area contributed by atoms with Crippen molar-refractivity contribution in [1.82, 2.24) is 10.3 Å². The van der Waals surface area contributed by atoms with Crippen molar-refractivity contribution in [2.45, 2.75) is 25.3 Å². The van der Waals surface area contributed by atoms with E-state index in [0.717, 1.165) is 25.8 Å². The highest BCUT2D eigenvalue weighted by molar-refractivity contribution is 5.95. The van der Waals surface area contributed by atoms with E-state index in [2.05, 4.69) is 15.6 Å². The molecule has 5 nitrogen and oxygen atoms in total. The van der Waals surface area contributed by atoms with Crippen LogP contribution in [0.3, 0.4) is 0 Å². The van der Waals surface area contributed by atoms with Gasteiger partial charge in [-0.3, -0.25) is 4.79 Å². The molecule has 1 saturated heterocycles. The minimum Gasteiger partial charge on any atom is -0.504 e. The molecule has 1 aromatic rings. The molecule has 2 rings (SSSR count). The van der Waals surface area contributed by atoms with E-state index in [1.165, 1.54) is 12.3 Å². The zero-order valence-electron chi connectivity index (χ0n) is 8.94. The van der Waals surface area contributed by atoms with Gasteiger partial charge in [-0.25, -0.2) is 4.98 Å². The van der Waals surface area contributed by atoms with Gasteiger partial charge in [-0.15, -0.1) is 0 Å². The van der Waals surface area contributed by atoms with Crippen LogP contribution in [0.4, 0.5) is 5.82 Å². The molecule has 1 amide bonds. The average molecular weight is 221 g/mol. The van der Waals surface area contributed by atoms with Crippen LogP contribution >= 0.6 is 0 Å². The minimum atomic E-state index is -0.171. The fourth-order valence-electron chi connectivity index (χ4n) is 1.77. The summed E-state index contributed by atoms with van der Waals surface area (Å²) >= 11 is 0. The Bertz CT molecular complexity index is 375. The van der Waals surface area contributed by atoms with Crippen molar-refractivity contribution in [3.63, 3.8) is 0 Å². The van der Waals surface area contributed by atoms with Crippen molar-refractivity contribution in [1.29, 1.82) is 0 Å². The van der Waals surface area contributed by atoms with Crippen LogP contribution in [-0.4, -0.2) is 28.6 Å². The van der Waals surface area contributed by atoms with E-state index in [9.17, 15) is 9.90 Å². The molecule has 1 fully saturated rings. The minimum absolute atomic E-state index is 0.00772. The summed E-state index contributed by atoms with van der Waals surface area (Å²) < 4.78 is 0. The van der Waals surface area contributed by atoms with Crippen molar-refractivity contribution >= 4 is 11.7 Å². The van der Waals surface area contributed by atoms with Crippen LogP contribution < -0.4 is 10.6 Å². The molecule has 1 aliphatic heterocycles. The first kappa shape index (κ1) is 10.9. The molecule has 0 unspecified atom stereocenters. The fourth-order valence-corrected chi connectivity index (χ4v) is 1.77. The molecule has 0 aromatic carbocycles. The summed E-state index contributed by atoms with van der Waals surface area (Å²) in [7, 11) is 0. The van der Waals surface area contributed by atoms with Gasteiger partial charge in [-0.2, -0.15) is 0 Å². The molecular formula is C11H15N3O2. The highest BCUT2D eigenvalue weighted by Gasteiger charge is 2.21. The number of carbonyl (C=O) groups excluding carboxylic acids is 1. The second kappa shape index (κ2) is 4.94. The average Bonchev–Trinajstić information content (AvgIpc) is 2.33. The van der Waals surface area contributed by atoms with E-state index in [4.69, 9.17) is 0 Å². The predicted octanol–water partition coefficient (Wildman–Crippen LogP) is 0.868. The maximum Gasteiger partial charge on any atom is 0.242 e. The number of aromatic nitrogens is 1. The number of anilines is 1. The van der Waals surface area contributed by atoms with Crippen LogP contribution in [0.25, 0.3) is 0 Å². The summed E-state index contributed by atoms with van der Waals surface area (Å²) in [6, 6.07) is 2.94. The van der Waals surface area contributed by atoms with Crippen LogP contribution in [0.1, 0.15) is 19.3 Å². The highest BCUT2D eigenvalue weighted by atomic mass is 16.3. The third-order valence-electron chi connectivity index (χ3n) is 2.65. The SMILES string of the molecule is O=C(Nc1ncccc1O)[C@@H]1CCCCN1. The van der Waals surface area contributed by atoms with E-state index >= 15 is 0 Å². The lowest BCUT2D eigenvalue weighted by Crippen LogP contribution is -2.43. The number of pyridine rings is 1. The van der Waals surface area contributed by atoms with E-state index < -0.39 is 0 Å². The first-order chi connectivity index (χ1) is 7.77. The summed E-state index contributed by atoms with van der Waals surface area (Å²) in [6.45, 7) is 0.867. The van der Waals surface area contributed by atoms with Gasteiger partial charge in [-0.05, 0) is 31.5 Å². The van der Waals surface area contributed by atoms with Gasteiger partial charge < -0.3 is 15.7 Å². The lowest BCUT2D eigenvalue weighted by molar-refractivity contribution is -0.118. The molecule has 0 spiro atoms. The monoisotopic (exact) mass is 221 g/mol.